The Bertz CT molecular complexity index is 256. The molecular weight excluding hydrogens is 144 g/mol. The second kappa shape index (κ2) is 3.75. The Kier molecular flexibility index (Phi) is 3.51. The molecule has 0 heterocycles. The molecule has 0 heteroatoms. The van der Waals surface area contributed by atoms with E-state index in [4.69, 9.17) is 0 Å². The van der Waals surface area contributed by atoms with Crippen LogP contribution in [0.15, 0.2) is 6.07 Å². The van der Waals surface area contributed by atoms with Crippen LogP contribution in [0.2, 0.25) is 0 Å². The smallest absolute Gasteiger partial charge is 0.0392 e. The SMILES string of the molecule is C.Cc1cc(C)c(C)c(C)c1C. The first-order chi connectivity index (χ1) is 5.04. The molecule has 68 valence electrons. The number of rotatable bonds is 0. The number of hydrogen-bond acceptors (Lipinski definition) is 0. The van der Waals surface area contributed by atoms with Crippen LogP contribution in [-0.4, -0.2) is 0 Å². The van der Waals surface area contributed by atoms with Gasteiger partial charge in [0.05, 0.1) is 0 Å². The Hall–Kier alpha value is -0.780. The Morgan fingerprint density at radius 3 is 1.33 bits per heavy atom. The van der Waals surface area contributed by atoms with Gasteiger partial charge < -0.3 is 0 Å². The standard InChI is InChI=1S/C11H16.CH4/c1-7-6-8(2)10(4)11(5)9(7)3;/h6H,1-5H3;1H4. The Balaban J connectivity index is 0.00000121. The first kappa shape index (κ1) is 11.2. The van der Waals surface area contributed by atoms with Crippen LogP contribution in [0.3, 0.4) is 0 Å². The van der Waals surface area contributed by atoms with Crippen molar-refractivity contribution in [2.75, 3.05) is 0 Å². The lowest BCUT2D eigenvalue weighted by molar-refractivity contribution is 1.18. The third kappa shape index (κ3) is 1.69. The zero-order chi connectivity index (χ0) is 8.59. The Morgan fingerprint density at radius 1 is 0.667 bits per heavy atom. The predicted octanol–water partition coefficient (Wildman–Crippen LogP) is 3.86. The topological polar surface area (TPSA) is 0 Å². The van der Waals surface area contributed by atoms with Crippen LogP contribution < -0.4 is 0 Å². The van der Waals surface area contributed by atoms with Gasteiger partial charge in [-0.25, -0.2) is 0 Å². The molecule has 0 amide bonds. The summed E-state index contributed by atoms with van der Waals surface area (Å²) < 4.78 is 0. The third-order valence-electron chi connectivity index (χ3n) is 2.74. The van der Waals surface area contributed by atoms with E-state index in [-0.39, 0.29) is 7.43 Å². The second-order valence-electron chi connectivity index (χ2n) is 3.39. The third-order valence-corrected chi connectivity index (χ3v) is 2.74. The minimum Gasteiger partial charge on any atom is -0.0776 e. The van der Waals surface area contributed by atoms with Crippen LogP contribution in [-0.2, 0) is 0 Å². The highest BCUT2D eigenvalue weighted by atomic mass is 14.1. The molecule has 0 atom stereocenters. The Labute approximate surface area is 76.6 Å². The maximum absolute atomic E-state index is 2.26. The lowest BCUT2D eigenvalue weighted by Crippen LogP contribution is -1.93. The van der Waals surface area contributed by atoms with E-state index in [2.05, 4.69) is 40.7 Å². The summed E-state index contributed by atoms with van der Waals surface area (Å²) >= 11 is 0. The van der Waals surface area contributed by atoms with E-state index in [9.17, 15) is 0 Å². The van der Waals surface area contributed by atoms with Gasteiger partial charge in [0.2, 0.25) is 0 Å². The summed E-state index contributed by atoms with van der Waals surface area (Å²) in [5, 5.41) is 0. The number of benzene rings is 1. The molecule has 0 nitrogen and oxygen atoms in total. The molecule has 0 fully saturated rings. The van der Waals surface area contributed by atoms with Crippen molar-refractivity contribution in [2.45, 2.75) is 42.0 Å². The van der Waals surface area contributed by atoms with Crippen molar-refractivity contribution >= 4 is 0 Å². The van der Waals surface area contributed by atoms with Crippen LogP contribution in [0.5, 0.6) is 0 Å². The van der Waals surface area contributed by atoms with Gasteiger partial charge in [0.1, 0.15) is 0 Å². The van der Waals surface area contributed by atoms with Crippen LogP contribution in [0, 0.1) is 34.6 Å². The van der Waals surface area contributed by atoms with Gasteiger partial charge in [0.25, 0.3) is 0 Å². The van der Waals surface area contributed by atoms with Crippen LogP contribution in [0.4, 0.5) is 0 Å². The van der Waals surface area contributed by atoms with Gasteiger partial charge >= 0.3 is 0 Å². The quantitative estimate of drug-likeness (QED) is 0.546. The minimum atomic E-state index is 0. The Morgan fingerprint density at radius 2 is 1.00 bits per heavy atom. The predicted molar refractivity (Wildman–Crippen MR) is 56.9 cm³/mol. The highest BCUT2D eigenvalue weighted by molar-refractivity contribution is 5.42. The van der Waals surface area contributed by atoms with E-state index < -0.39 is 0 Å². The molecule has 0 saturated heterocycles. The van der Waals surface area contributed by atoms with Crippen molar-refractivity contribution < 1.29 is 0 Å². The zero-order valence-electron chi connectivity index (χ0n) is 8.08. The summed E-state index contributed by atoms with van der Waals surface area (Å²) in [7, 11) is 0. The molecule has 0 radical (unpaired) electrons. The highest BCUT2D eigenvalue weighted by Crippen LogP contribution is 2.19. The molecule has 1 aromatic rings. The van der Waals surface area contributed by atoms with E-state index in [1.165, 1.54) is 27.8 Å². The van der Waals surface area contributed by atoms with Crippen molar-refractivity contribution in [1.29, 1.82) is 0 Å². The average Bonchev–Trinajstić information content (AvgIpc) is 1.97. The van der Waals surface area contributed by atoms with Crippen LogP contribution in [0.1, 0.15) is 35.2 Å². The maximum atomic E-state index is 2.26. The van der Waals surface area contributed by atoms with Crippen molar-refractivity contribution in [3.8, 4) is 0 Å². The molecule has 0 aliphatic heterocycles. The van der Waals surface area contributed by atoms with E-state index in [0.29, 0.717) is 0 Å². The second-order valence-corrected chi connectivity index (χ2v) is 3.39. The van der Waals surface area contributed by atoms with Crippen LogP contribution in [0.25, 0.3) is 0 Å². The molecular formula is C12H20. The van der Waals surface area contributed by atoms with Gasteiger partial charge in [-0.3, -0.25) is 0 Å². The molecule has 0 saturated carbocycles. The van der Waals surface area contributed by atoms with E-state index >= 15 is 0 Å². The van der Waals surface area contributed by atoms with Gasteiger partial charge in [-0.2, -0.15) is 0 Å². The summed E-state index contributed by atoms with van der Waals surface area (Å²) in [6.45, 7) is 10.9. The summed E-state index contributed by atoms with van der Waals surface area (Å²) in [6.07, 6.45) is 0. The van der Waals surface area contributed by atoms with Gasteiger partial charge in [-0.15, -0.1) is 0 Å². The minimum absolute atomic E-state index is 0. The van der Waals surface area contributed by atoms with E-state index in [1.54, 1.807) is 0 Å². The number of hydrogen-bond donors (Lipinski definition) is 0. The normalized spacial score (nSPS) is 9.42. The lowest BCUT2D eigenvalue weighted by atomic mass is 9.96. The van der Waals surface area contributed by atoms with E-state index in [0.717, 1.165) is 0 Å². The molecule has 0 aliphatic rings. The van der Waals surface area contributed by atoms with Gasteiger partial charge in [-0.05, 0) is 62.4 Å². The molecule has 1 rings (SSSR count). The molecule has 0 aromatic heterocycles. The summed E-state index contributed by atoms with van der Waals surface area (Å²) in [4.78, 5) is 0. The van der Waals surface area contributed by atoms with E-state index in [1.807, 2.05) is 0 Å². The largest absolute Gasteiger partial charge is 0.0776 e. The first-order valence-electron chi connectivity index (χ1n) is 4.08. The fourth-order valence-electron chi connectivity index (χ4n) is 1.41. The molecule has 0 N–H and O–H groups in total. The molecule has 1 aromatic carbocycles. The van der Waals surface area contributed by atoms with Crippen molar-refractivity contribution in [1.82, 2.24) is 0 Å². The maximum Gasteiger partial charge on any atom is -0.0392 e. The van der Waals surface area contributed by atoms with Gasteiger partial charge in [0.15, 0.2) is 0 Å². The highest BCUT2D eigenvalue weighted by Gasteiger charge is 2.02. The molecule has 0 unspecified atom stereocenters. The summed E-state index contributed by atoms with van der Waals surface area (Å²) in [5.74, 6) is 0. The lowest BCUT2D eigenvalue weighted by Gasteiger charge is -2.10. The number of aryl methyl sites for hydroxylation is 2. The molecule has 0 spiro atoms. The van der Waals surface area contributed by atoms with Crippen molar-refractivity contribution in [3.63, 3.8) is 0 Å². The van der Waals surface area contributed by atoms with Gasteiger partial charge in [0, 0.05) is 0 Å². The average molecular weight is 164 g/mol. The fraction of sp³-hybridized carbons (Fsp3) is 0.500. The fourth-order valence-corrected chi connectivity index (χ4v) is 1.41. The summed E-state index contributed by atoms with van der Waals surface area (Å²) in [5.41, 5.74) is 7.14. The summed E-state index contributed by atoms with van der Waals surface area (Å²) in [6, 6.07) is 2.26. The molecule has 0 aliphatic carbocycles. The first-order valence-corrected chi connectivity index (χ1v) is 4.08. The molecule has 12 heavy (non-hydrogen) atoms. The zero-order valence-corrected chi connectivity index (χ0v) is 8.08. The van der Waals surface area contributed by atoms with Crippen molar-refractivity contribution in [2.24, 2.45) is 0 Å². The van der Waals surface area contributed by atoms with Crippen molar-refractivity contribution in [3.05, 3.63) is 33.9 Å². The van der Waals surface area contributed by atoms with Gasteiger partial charge in [-0.1, -0.05) is 13.5 Å². The van der Waals surface area contributed by atoms with Crippen LogP contribution >= 0.6 is 0 Å². The molecule has 0 bridgehead atoms. The monoisotopic (exact) mass is 164 g/mol.